The molecule has 8 aromatic carbocycles. The van der Waals surface area contributed by atoms with Gasteiger partial charge in [0.25, 0.3) is 0 Å². The summed E-state index contributed by atoms with van der Waals surface area (Å²) >= 11 is 1.86. The summed E-state index contributed by atoms with van der Waals surface area (Å²) in [6.45, 7) is 0. The lowest BCUT2D eigenvalue weighted by molar-refractivity contribution is 0.623. The van der Waals surface area contributed by atoms with Crippen molar-refractivity contribution in [3.63, 3.8) is 0 Å². The van der Waals surface area contributed by atoms with Crippen LogP contribution >= 0.6 is 11.3 Å². The van der Waals surface area contributed by atoms with Crippen molar-refractivity contribution in [2.24, 2.45) is 0 Å². The Labute approximate surface area is 286 Å². The van der Waals surface area contributed by atoms with Gasteiger partial charge >= 0.3 is 0 Å². The Balaban J connectivity index is 1.15. The summed E-state index contributed by atoms with van der Waals surface area (Å²) < 4.78 is 9.16. The van der Waals surface area contributed by atoms with Gasteiger partial charge in [-0.2, -0.15) is 0 Å². The monoisotopic (exact) mass is 644 g/mol. The molecule has 0 saturated carbocycles. The van der Waals surface area contributed by atoms with E-state index in [-0.39, 0.29) is 0 Å². The highest BCUT2D eigenvalue weighted by Gasteiger charge is 2.19. The Kier molecular flexibility index (Phi) is 6.36. The molecular formula is C45H28N2OS. The summed E-state index contributed by atoms with van der Waals surface area (Å²) in [6.07, 6.45) is 0. The van der Waals surface area contributed by atoms with Crippen molar-refractivity contribution in [3.05, 3.63) is 170 Å². The molecule has 10 rings (SSSR count). The molecule has 0 fully saturated rings. The molecule has 0 saturated heterocycles. The lowest BCUT2D eigenvalue weighted by Crippen LogP contribution is -2.10. The summed E-state index contributed by atoms with van der Waals surface area (Å²) in [6, 6.07) is 60.3. The second kappa shape index (κ2) is 11.2. The van der Waals surface area contributed by atoms with Gasteiger partial charge in [-0.05, 0) is 82.6 Å². The van der Waals surface area contributed by atoms with Gasteiger partial charge in [-0.1, -0.05) is 109 Å². The molecule has 10 aromatic rings. The smallest absolute Gasteiger partial charge is 0.227 e. The Morgan fingerprint density at radius 1 is 0.469 bits per heavy atom. The molecule has 0 aliphatic heterocycles. The van der Waals surface area contributed by atoms with Crippen molar-refractivity contribution in [1.29, 1.82) is 0 Å². The average Bonchev–Trinajstić information content (AvgIpc) is 3.78. The van der Waals surface area contributed by atoms with E-state index in [9.17, 15) is 0 Å². The number of aromatic nitrogens is 1. The summed E-state index contributed by atoms with van der Waals surface area (Å²) in [7, 11) is 0. The summed E-state index contributed by atoms with van der Waals surface area (Å²) in [5.41, 5.74) is 8.39. The molecule has 230 valence electrons. The molecule has 0 bridgehead atoms. The zero-order valence-electron chi connectivity index (χ0n) is 26.4. The maximum absolute atomic E-state index is 6.53. The van der Waals surface area contributed by atoms with Crippen LogP contribution < -0.4 is 4.90 Å². The third kappa shape index (κ3) is 4.53. The lowest BCUT2D eigenvalue weighted by Gasteiger charge is -2.27. The van der Waals surface area contributed by atoms with Gasteiger partial charge in [0.1, 0.15) is 5.52 Å². The van der Waals surface area contributed by atoms with Crippen LogP contribution in [0, 0.1) is 0 Å². The van der Waals surface area contributed by atoms with Crippen LogP contribution in [0.2, 0.25) is 0 Å². The summed E-state index contributed by atoms with van der Waals surface area (Å²) in [4.78, 5) is 7.24. The van der Waals surface area contributed by atoms with E-state index in [0.717, 1.165) is 55.3 Å². The Hall–Kier alpha value is -6.23. The average molecular weight is 645 g/mol. The minimum atomic E-state index is 0.633. The van der Waals surface area contributed by atoms with Crippen LogP contribution in [0.4, 0.5) is 17.1 Å². The number of anilines is 3. The highest BCUT2D eigenvalue weighted by molar-refractivity contribution is 7.25. The fraction of sp³-hybridized carbons (Fsp3) is 0. The van der Waals surface area contributed by atoms with Crippen molar-refractivity contribution in [3.8, 4) is 22.6 Å². The molecule has 4 heteroatoms. The van der Waals surface area contributed by atoms with Crippen LogP contribution in [0.1, 0.15) is 0 Å². The molecule has 3 nitrogen and oxygen atoms in total. The van der Waals surface area contributed by atoms with E-state index in [2.05, 4.69) is 144 Å². The molecule has 0 aliphatic carbocycles. The van der Waals surface area contributed by atoms with E-state index in [1.54, 1.807) is 0 Å². The quantitative estimate of drug-likeness (QED) is 0.175. The van der Waals surface area contributed by atoms with Crippen LogP contribution in [-0.2, 0) is 0 Å². The maximum atomic E-state index is 6.53. The van der Waals surface area contributed by atoms with E-state index in [1.165, 1.54) is 31.3 Å². The molecule has 2 heterocycles. The van der Waals surface area contributed by atoms with Crippen molar-refractivity contribution < 1.29 is 4.42 Å². The Morgan fingerprint density at radius 2 is 1.16 bits per heavy atom. The van der Waals surface area contributed by atoms with Crippen molar-refractivity contribution in [2.75, 3.05) is 4.90 Å². The number of benzene rings is 8. The van der Waals surface area contributed by atoms with E-state index < -0.39 is 0 Å². The number of nitrogens with zero attached hydrogens (tertiary/aromatic N) is 2. The van der Waals surface area contributed by atoms with Crippen LogP contribution in [0.15, 0.2) is 174 Å². The highest BCUT2D eigenvalue weighted by Crippen LogP contribution is 2.44. The SMILES string of the molecule is c1ccc(-c2nc3ccc4ccc5c(N(c6ccccc6)c6ccc(-c7cccc8sc9ccccc9c78)cc6)cccc5c4c3o2)cc1. The Bertz CT molecular complexity index is 2820. The molecule has 0 atom stereocenters. The number of fused-ring (bicyclic) bond motifs is 8. The van der Waals surface area contributed by atoms with Gasteiger partial charge in [0.2, 0.25) is 5.89 Å². The van der Waals surface area contributed by atoms with E-state index in [1.807, 2.05) is 41.7 Å². The van der Waals surface area contributed by atoms with E-state index in [0.29, 0.717) is 5.89 Å². The predicted octanol–water partition coefficient (Wildman–Crippen LogP) is 13.3. The molecule has 0 unspecified atom stereocenters. The first-order valence-corrected chi connectivity index (χ1v) is 17.3. The summed E-state index contributed by atoms with van der Waals surface area (Å²) in [5, 5.41) is 7.11. The number of rotatable bonds is 5. The van der Waals surface area contributed by atoms with Gasteiger partial charge in [-0.15, -0.1) is 11.3 Å². The lowest BCUT2D eigenvalue weighted by atomic mass is 9.98. The number of hydrogen-bond acceptors (Lipinski definition) is 4. The van der Waals surface area contributed by atoms with Crippen LogP contribution in [0.5, 0.6) is 0 Å². The second-order valence-corrected chi connectivity index (χ2v) is 13.4. The molecule has 2 aromatic heterocycles. The van der Waals surface area contributed by atoms with Gasteiger partial charge < -0.3 is 9.32 Å². The molecule has 0 radical (unpaired) electrons. The second-order valence-electron chi connectivity index (χ2n) is 12.3. The minimum Gasteiger partial charge on any atom is -0.435 e. The third-order valence-electron chi connectivity index (χ3n) is 9.49. The van der Waals surface area contributed by atoms with E-state index in [4.69, 9.17) is 9.40 Å². The molecule has 0 N–H and O–H groups in total. The molecule has 0 spiro atoms. The number of para-hydroxylation sites is 1. The molecule has 0 aliphatic rings. The van der Waals surface area contributed by atoms with Crippen molar-refractivity contribution in [2.45, 2.75) is 0 Å². The van der Waals surface area contributed by atoms with Crippen LogP contribution in [0.25, 0.3) is 75.4 Å². The van der Waals surface area contributed by atoms with Crippen LogP contribution in [0.3, 0.4) is 0 Å². The topological polar surface area (TPSA) is 29.3 Å². The first-order valence-electron chi connectivity index (χ1n) is 16.5. The first-order chi connectivity index (χ1) is 24.3. The summed E-state index contributed by atoms with van der Waals surface area (Å²) in [5.74, 6) is 0.633. The molecule has 49 heavy (non-hydrogen) atoms. The normalized spacial score (nSPS) is 11.7. The van der Waals surface area contributed by atoms with Gasteiger partial charge in [-0.3, -0.25) is 0 Å². The van der Waals surface area contributed by atoms with E-state index >= 15 is 0 Å². The van der Waals surface area contributed by atoms with Gasteiger partial charge in [0.15, 0.2) is 5.58 Å². The Morgan fingerprint density at radius 3 is 2.02 bits per heavy atom. The zero-order chi connectivity index (χ0) is 32.3. The zero-order valence-corrected chi connectivity index (χ0v) is 27.2. The fourth-order valence-corrected chi connectivity index (χ4v) is 8.38. The number of hydrogen-bond donors (Lipinski definition) is 0. The van der Waals surface area contributed by atoms with Crippen molar-refractivity contribution >= 4 is 81.2 Å². The standard InChI is InChI=1S/C45H28N2OS/c1-3-11-31(12-4-1)45-46-38-28-24-30-23-27-35-36(42(30)44(38)48-45)17-9-18-39(35)47(32-13-5-2-6-14-32)33-25-21-29(22-26-33)34-16-10-20-41-43(34)37-15-7-8-19-40(37)49-41/h1-28H. The number of thiophene rings is 1. The van der Waals surface area contributed by atoms with Gasteiger partial charge in [0.05, 0.1) is 5.69 Å². The van der Waals surface area contributed by atoms with Crippen molar-refractivity contribution in [1.82, 2.24) is 4.98 Å². The molecule has 0 amide bonds. The van der Waals surface area contributed by atoms with Gasteiger partial charge in [-0.25, -0.2) is 4.98 Å². The fourth-order valence-electron chi connectivity index (χ4n) is 7.25. The minimum absolute atomic E-state index is 0.633. The first kappa shape index (κ1) is 27.8. The largest absolute Gasteiger partial charge is 0.435 e. The third-order valence-corrected chi connectivity index (χ3v) is 10.6. The van der Waals surface area contributed by atoms with Crippen LogP contribution in [-0.4, -0.2) is 4.98 Å². The highest BCUT2D eigenvalue weighted by atomic mass is 32.1. The predicted molar refractivity (Wildman–Crippen MR) is 207 cm³/mol. The maximum Gasteiger partial charge on any atom is 0.227 e. The molecular weight excluding hydrogens is 617 g/mol. The van der Waals surface area contributed by atoms with Gasteiger partial charge in [0, 0.05) is 47.9 Å². The number of oxazole rings is 1.